The van der Waals surface area contributed by atoms with E-state index >= 15 is 4.39 Å². The first kappa shape index (κ1) is 64.6. The summed E-state index contributed by atoms with van der Waals surface area (Å²) in [7, 11) is 2.58. The van der Waals surface area contributed by atoms with E-state index in [1.165, 1.54) is 37.4 Å². The van der Waals surface area contributed by atoms with Crippen molar-refractivity contribution in [1.29, 1.82) is 0 Å². The van der Waals surface area contributed by atoms with Gasteiger partial charge in [0, 0.05) is 89.9 Å². The maximum absolute atomic E-state index is 16.7. The molecule has 0 bridgehead atoms. The molecule has 2 saturated carbocycles. The van der Waals surface area contributed by atoms with E-state index in [2.05, 4.69) is 39.9 Å². The number of nitrogens with zero attached hydrogens (tertiary/aromatic N) is 6. The number of aryl methyl sites for hydroxylation is 2. The Morgan fingerprint density at radius 3 is 1.42 bits per heavy atom. The second-order valence-electron chi connectivity index (χ2n) is 25.3. The van der Waals surface area contributed by atoms with Crippen molar-refractivity contribution in [2.75, 3.05) is 14.2 Å². The van der Waals surface area contributed by atoms with Crippen molar-refractivity contribution >= 4 is 57.7 Å². The predicted molar refractivity (Wildman–Crippen MR) is 357 cm³/mol. The van der Waals surface area contributed by atoms with Crippen molar-refractivity contribution in [2.45, 2.75) is 102 Å². The van der Waals surface area contributed by atoms with Gasteiger partial charge in [0.1, 0.15) is 74.9 Å². The number of carbonyl (C=O) groups is 2. The summed E-state index contributed by atoms with van der Waals surface area (Å²) in [6, 6.07) is 28.7. The minimum absolute atomic E-state index is 0.00300. The highest BCUT2D eigenvalue weighted by atomic mass is 35.5. The van der Waals surface area contributed by atoms with Crippen molar-refractivity contribution in [1.82, 2.24) is 39.9 Å². The molecule has 0 unspecified atom stereocenters. The number of ketones is 2. The lowest BCUT2D eigenvalue weighted by Crippen LogP contribution is -2.41. The summed E-state index contributed by atoms with van der Waals surface area (Å²) in [5.41, 5.74) is 5.51. The number of rotatable bonds is 16. The van der Waals surface area contributed by atoms with Gasteiger partial charge in [0.2, 0.25) is 0 Å². The largest absolute Gasteiger partial charge is 0.496 e. The van der Waals surface area contributed by atoms with E-state index in [4.69, 9.17) is 39.2 Å². The monoisotopic (exact) mass is 1310 g/mol. The molecule has 16 nitrogen and oxygen atoms in total. The summed E-state index contributed by atoms with van der Waals surface area (Å²) in [4.78, 5) is 59.3. The number of nitrogens with one attached hydrogen (secondary N) is 2. The normalized spacial score (nSPS) is 15.4. The van der Waals surface area contributed by atoms with Gasteiger partial charge in [0.25, 0.3) is 0 Å². The molecule has 1 saturated heterocycles. The summed E-state index contributed by atoms with van der Waals surface area (Å²) in [6.07, 6.45) is 17.3. The molecule has 15 rings (SSSR count). The number of H-pyrrole nitrogens is 2. The lowest BCUT2D eigenvalue weighted by Gasteiger charge is -2.32. The number of ether oxygens (including phenoxy) is 2. The number of imidazole rings is 2. The number of carbonyl (C=O) groups excluding carboxylic acids is 2. The third-order valence-electron chi connectivity index (χ3n) is 18.5. The van der Waals surface area contributed by atoms with Crippen LogP contribution in [0.2, 0.25) is 5.02 Å². The van der Waals surface area contributed by atoms with Crippen LogP contribution in [0.25, 0.3) is 78.5 Å². The van der Waals surface area contributed by atoms with Crippen molar-refractivity contribution in [3.8, 4) is 68.0 Å². The molecule has 1 aliphatic heterocycles. The molecule has 3 fully saturated rings. The number of Topliss-reactive ketones (excluding diaryl/α,β-unsaturated/α-hetero) is 2. The van der Waals surface area contributed by atoms with E-state index in [0.717, 1.165) is 48.1 Å². The Balaban J connectivity index is 0.000000137. The molecule has 12 aromatic rings. The number of halogens is 5. The average Bonchev–Trinajstić information content (AvgIpc) is 1.58. The smallest absolute Gasteiger partial charge is 0.495 e. The quantitative estimate of drug-likeness (QED) is 0.0524. The van der Waals surface area contributed by atoms with E-state index in [-0.39, 0.29) is 45.0 Å². The van der Waals surface area contributed by atoms with Gasteiger partial charge in [-0.3, -0.25) is 9.59 Å². The fourth-order valence-electron chi connectivity index (χ4n) is 12.2. The van der Waals surface area contributed by atoms with Crippen LogP contribution in [0.15, 0.2) is 168 Å². The van der Waals surface area contributed by atoms with E-state index in [1.807, 2.05) is 53.7 Å². The zero-order valence-corrected chi connectivity index (χ0v) is 54.4. The Morgan fingerprint density at radius 2 is 0.979 bits per heavy atom. The fraction of sp³-hybridized carbons (Fsp3) is 0.243. The van der Waals surface area contributed by atoms with E-state index in [1.54, 1.807) is 123 Å². The van der Waals surface area contributed by atoms with Crippen LogP contribution in [-0.2, 0) is 20.1 Å². The Labute approximate surface area is 555 Å². The Kier molecular flexibility index (Phi) is 17.2. The number of hydrogen-bond acceptors (Lipinski definition) is 14. The van der Waals surface area contributed by atoms with Crippen LogP contribution in [0.5, 0.6) is 11.5 Å². The molecule has 2 N–H and O–H groups in total. The number of aromatic nitrogens is 8. The number of furan rings is 2. The zero-order chi connectivity index (χ0) is 67.4. The van der Waals surface area contributed by atoms with Crippen molar-refractivity contribution in [2.24, 2.45) is 0 Å². The molecule has 3 aliphatic rings. The van der Waals surface area contributed by atoms with Gasteiger partial charge in [0.15, 0.2) is 17.4 Å². The lowest BCUT2D eigenvalue weighted by molar-refractivity contribution is 0.00578. The van der Waals surface area contributed by atoms with Crippen LogP contribution in [-0.4, -0.2) is 84.0 Å². The van der Waals surface area contributed by atoms with Crippen LogP contribution in [0, 0.1) is 37.1 Å². The highest BCUT2D eigenvalue weighted by Gasteiger charge is 2.53. The molecule has 7 heterocycles. The lowest BCUT2D eigenvalue weighted by atomic mass is 9.74. The van der Waals surface area contributed by atoms with Crippen molar-refractivity contribution in [3.05, 3.63) is 221 Å². The van der Waals surface area contributed by atoms with Crippen LogP contribution in [0.3, 0.4) is 0 Å². The van der Waals surface area contributed by atoms with Crippen LogP contribution in [0.1, 0.15) is 110 Å². The van der Waals surface area contributed by atoms with E-state index in [0.29, 0.717) is 103 Å². The maximum Gasteiger partial charge on any atom is 0.495 e. The van der Waals surface area contributed by atoms with E-state index in [9.17, 15) is 22.8 Å². The van der Waals surface area contributed by atoms with Gasteiger partial charge in [-0.15, -0.1) is 0 Å². The first-order chi connectivity index (χ1) is 46.1. The molecule has 0 amide bonds. The zero-order valence-electron chi connectivity index (χ0n) is 53.7. The molecule has 486 valence electrons. The summed E-state index contributed by atoms with van der Waals surface area (Å²) >= 11 is 5.90. The van der Waals surface area contributed by atoms with Gasteiger partial charge < -0.3 is 37.6 Å². The second kappa shape index (κ2) is 25.6. The molecule has 0 spiro atoms. The fourth-order valence-corrected chi connectivity index (χ4v) is 12.4. The predicted octanol–water partition coefficient (Wildman–Crippen LogP) is 16.7. The molecule has 96 heavy (non-hydrogen) atoms. The van der Waals surface area contributed by atoms with E-state index < -0.39 is 41.2 Å². The number of aromatic amines is 2. The summed E-state index contributed by atoms with van der Waals surface area (Å²) < 4.78 is 93.7. The molecular formula is C74H64BClF4N8O8. The number of methoxy groups -OCH3 is 2. The van der Waals surface area contributed by atoms with Crippen molar-refractivity contribution < 1.29 is 54.8 Å². The molecule has 0 radical (unpaired) electrons. The SMILES string of the molecule is COc1cc(C)c(-c2ccc3oc(-c4ccc(F)cc4)c(-c4ncc[nH]4)c3c2F)cc1C(=O)CC1(c2ncccn2)CC1.COc1cc(C)c(B2OC(C)(C)C(C)(C)O2)cc1C(=O)CC1(c2ncccn2)CC1.Fc1ccc(-c2oc3ccc(Cl)c(F)c3c2-c2ncc[nH]2)cc1. The highest BCUT2D eigenvalue weighted by molar-refractivity contribution is 6.62. The molecular weight excluding hydrogens is 1250 g/mol. The summed E-state index contributed by atoms with van der Waals surface area (Å²) in [6.45, 7) is 11.9. The third kappa shape index (κ3) is 12.3. The minimum atomic E-state index is -0.576. The number of fused-ring (bicyclic) bond motifs is 2. The Bertz CT molecular complexity index is 4870. The molecule has 6 aromatic heterocycles. The van der Waals surface area contributed by atoms with Crippen LogP contribution >= 0.6 is 11.6 Å². The van der Waals surface area contributed by atoms with Crippen LogP contribution < -0.4 is 14.9 Å². The molecule has 2 aliphatic carbocycles. The van der Waals surface area contributed by atoms with Gasteiger partial charge in [-0.25, -0.2) is 47.5 Å². The molecule has 6 aromatic carbocycles. The molecule has 0 atom stereocenters. The van der Waals surface area contributed by atoms with Crippen LogP contribution in [0.4, 0.5) is 17.6 Å². The van der Waals surface area contributed by atoms with Gasteiger partial charge in [-0.2, -0.15) is 0 Å². The van der Waals surface area contributed by atoms with Crippen molar-refractivity contribution in [3.63, 3.8) is 0 Å². The first-order valence-corrected chi connectivity index (χ1v) is 31.5. The number of hydrogen-bond donors (Lipinski definition) is 2. The Morgan fingerprint density at radius 1 is 0.542 bits per heavy atom. The van der Waals surface area contributed by atoms with Gasteiger partial charge in [-0.1, -0.05) is 11.6 Å². The maximum atomic E-state index is 16.7. The van der Waals surface area contributed by atoms with Gasteiger partial charge in [0.05, 0.1) is 63.5 Å². The highest BCUT2D eigenvalue weighted by Crippen LogP contribution is 2.52. The molecule has 22 heteroatoms. The standard InChI is InChI=1S/C34H26F2N4O3.C23H29BN2O4.C17H9ClF2N2O/c1-19-16-27(42-2)24(25(41)18-34(10-11-34)33-39-12-3-13-40-33)17-23(19)22-8-9-26-28(30(22)36)29(32-37-14-15-38-32)31(43-26)20-4-6-21(35)7-5-20;1-15-12-19(28-6)16(13-17(15)24-29-21(2,3)22(4,5)30-24)18(27)14-23(8-9-23)20-25-10-7-11-26-20;18-11-5-6-12-13(15(11)20)14(17-21-7-8-22-17)16(23-12)9-1-3-10(19)4-2-9/h3-9,12-17H,10-11,18H2,1-2H3,(H,37,38);7,10-13H,8-9,14H2,1-6H3;1-8H,(H,21,22). The Hall–Kier alpha value is -10.1. The number of benzene rings is 6. The first-order valence-electron chi connectivity index (χ1n) is 31.1. The second-order valence-corrected chi connectivity index (χ2v) is 25.7. The third-order valence-corrected chi connectivity index (χ3v) is 18.8. The summed E-state index contributed by atoms with van der Waals surface area (Å²) in [5.74, 6) is 2.07. The average molecular weight is 1320 g/mol. The summed E-state index contributed by atoms with van der Waals surface area (Å²) in [5, 5.41) is 0.469. The minimum Gasteiger partial charge on any atom is -0.496 e. The van der Waals surface area contributed by atoms with Gasteiger partial charge in [-0.05, 0) is 199 Å². The van der Waals surface area contributed by atoms with Gasteiger partial charge >= 0.3 is 7.12 Å². The topological polar surface area (TPSA) is 206 Å².